The molecule has 0 aromatic heterocycles. The molecule has 34 rings (SSSR count). The van der Waals surface area contributed by atoms with E-state index in [1.807, 2.05) is 0 Å². The lowest BCUT2D eigenvalue weighted by molar-refractivity contribution is -0.122. The van der Waals surface area contributed by atoms with E-state index in [4.69, 9.17) is 0 Å². The van der Waals surface area contributed by atoms with E-state index >= 15 is 4.79 Å². The molecule has 2 heteroatoms. The highest BCUT2D eigenvalue weighted by Crippen LogP contribution is 2.92. The van der Waals surface area contributed by atoms with Crippen LogP contribution in [0.1, 0.15) is 27.8 Å². The molecule has 1 fully saturated rings. The van der Waals surface area contributed by atoms with Crippen molar-refractivity contribution >= 4 is 297 Å². The monoisotopic (exact) mass is 881 g/mol. The number of amides is 1. The number of carbonyl (C=O) groups excluding carboxylic acids is 1. The molecule has 0 aliphatic heterocycles. The van der Waals surface area contributed by atoms with E-state index < -0.39 is 10.8 Å². The Hall–Kier alpha value is -8.85. The maximum atomic E-state index is 16.6. The Morgan fingerprint density at radius 2 is 0.458 bits per heavy atom. The third kappa shape index (κ3) is 1.44. The van der Waals surface area contributed by atoms with Gasteiger partial charge in [0, 0.05) is 6.54 Å². The highest BCUT2D eigenvalue weighted by molar-refractivity contribution is 6.82. The fourth-order valence-corrected chi connectivity index (χ4v) is 25.9. The normalized spacial score (nSPS) is 22.9. The summed E-state index contributed by atoms with van der Waals surface area (Å²) < 4.78 is 0. The molecular weight excluding hydrogens is 871 g/mol. The van der Waals surface area contributed by atoms with Crippen LogP contribution in [0.15, 0.2) is 30.3 Å². The molecule has 1 amide bonds. The summed E-state index contributed by atoms with van der Waals surface area (Å²) >= 11 is 0. The van der Waals surface area contributed by atoms with Crippen molar-refractivity contribution in [2.45, 2.75) is 17.3 Å². The fraction of sp³-hybridized carbons (Fsp3) is 0.0714. The zero-order chi connectivity index (χ0) is 42.9. The van der Waals surface area contributed by atoms with Crippen LogP contribution in [0.2, 0.25) is 0 Å². The fourth-order valence-electron chi connectivity index (χ4n) is 25.9. The van der Waals surface area contributed by atoms with Crippen molar-refractivity contribution in [2.24, 2.45) is 5.92 Å². The molecule has 0 heterocycles. The van der Waals surface area contributed by atoms with Crippen molar-refractivity contribution in [3.63, 3.8) is 0 Å². The lowest BCUT2D eigenvalue weighted by Crippen LogP contribution is -2.30. The molecule has 0 saturated heterocycles. The van der Waals surface area contributed by atoms with Crippen LogP contribution in [0.4, 0.5) is 0 Å². The van der Waals surface area contributed by atoms with Crippen LogP contribution >= 0.6 is 0 Å². The molecule has 2 spiro atoms. The van der Waals surface area contributed by atoms with E-state index in [0.717, 1.165) is 6.42 Å². The summed E-state index contributed by atoms with van der Waals surface area (Å²) in [6, 6.07) is 10.9. The first-order chi connectivity index (χ1) is 35.9. The Morgan fingerprint density at radius 1 is 0.278 bits per heavy atom. The lowest BCUT2D eigenvalue weighted by atomic mass is 9.68. The molecule has 29 aromatic rings. The quantitative estimate of drug-likeness (QED) is 0.175. The average molecular weight is 882 g/mol. The molecule has 302 valence electrons. The molecule has 72 heavy (non-hydrogen) atoms. The molecule has 0 radical (unpaired) electrons. The number of nitrogens with one attached hydrogen (secondary N) is 1. The van der Waals surface area contributed by atoms with Gasteiger partial charge in [-0.05, 0) is 325 Å². The topological polar surface area (TPSA) is 29.1 Å². The van der Waals surface area contributed by atoms with Crippen molar-refractivity contribution in [1.82, 2.24) is 5.32 Å². The van der Waals surface area contributed by atoms with Crippen molar-refractivity contribution in [1.29, 1.82) is 0 Å². The predicted molar refractivity (Wildman–Crippen MR) is 301 cm³/mol. The Bertz CT molecular complexity index is 6890. The third-order valence-electron chi connectivity index (χ3n) is 26.0. The number of benzene rings is 19. The van der Waals surface area contributed by atoms with Gasteiger partial charge in [-0.15, -0.1) is 0 Å². The molecule has 5 aliphatic rings. The molecule has 2 nitrogen and oxygen atoms in total. The minimum Gasteiger partial charge on any atom is -0.355 e. The van der Waals surface area contributed by atoms with E-state index in [2.05, 4.69) is 35.6 Å². The number of hydrogen-bond donors (Lipinski definition) is 1. The summed E-state index contributed by atoms with van der Waals surface area (Å²) in [5.41, 5.74) is 6.76. The molecular formula is C70H11NO. The van der Waals surface area contributed by atoms with Crippen LogP contribution < -0.4 is 5.32 Å². The van der Waals surface area contributed by atoms with Gasteiger partial charge in [-0.3, -0.25) is 4.79 Å². The van der Waals surface area contributed by atoms with E-state index in [1.165, 1.54) is 5.56 Å². The first-order valence-electron chi connectivity index (χ1n) is 26.9. The van der Waals surface area contributed by atoms with Gasteiger partial charge in [-0.25, -0.2) is 0 Å². The Labute approximate surface area is 392 Å². The van der Waals surface area contributed by atoms with Crippen molar-refractivity contribution < 1.29 is 4.79 Å². The van der Waals surface area contributed by atoms with Gasteiger partial charge >= 0.3 is 0 Å². The SMILES string of the molecule is O=C(NCCc1ccccc1)C1C23c4c5c6c7c8c9c(c%10c%11c2c2c4c4c%12c5c5c6c6c8c8c%13c9c9c%10c%10c%11c%11c2c2c4c4c%12c%12c5c5c6c8c6c8c%13c9c9c%10c%10c%11c2c2c4c4c%12c5c6c5c8c9c%10c2c45)C713. The highest BCUT2D eigenvalue weighted by Gasteiger charge is 2.88. The number of rotatable bonds is 4. The smallest absolute Gasteiger partial charge is 0.225 e. The standard InChI is InChI=1S/C70H11NO/c72-68(71-7-6-8-4-2-1-3-5-8)67-69-63-55-47-37-27-19-11-9-10-13-17-15(11)23-31-25(17)35-29-21(13)22-14(10)18-16-12(9)20(19)28-34-24(16)32-26(18)36-30(22)40-39(29)49-43(35)53-45(31)51(41(47)33(23)27)59(63)61(53)65-57(49)58-50(40)44(36)54-46(32)52-42(34)48(38(28)37)56(55)64(69)60(52)62(54)66(58)70(65,67)69/h1-5,67H,6-7H2,(H,71,72). The van der Waals surface area contributed by atoms with Gasteiger partial charge in [0.25, 0.3) is 0 Å². The zero-order valence-corrected chi connectivity index (χ0v) is 36.8. The molecule has 0 atom stereocenters. The highest BCUT2D eigenvalue weighted by atomic mass is 16.2. The second-order valence-electron chi connectivity index (χ2n) is 26.3. The summed E-state index contributed by atoms with van der Waals surface area (Å²) in [5, 5.41) is 90.6. The van der Waals surface area contributed by atoms with Crippen LogP contribution in [-0.4, -0.2) is 12.5 Å². The van der Waals surface area contributed by atoms with Crippen LogP contribution in [0.3, 0.4) is 0 Å². The largest absolute Gasteiger partial charge is 0.355 e. The van der Waals surface area contributed by atoms with E-state index in [-0.39, 0.29) is 5.92 Å². The van der Waals surface area contributed by atoms with Crippen molar-refractivity contribution in [2.75, 3.05) is 6.54 Å². The Balaban J connectivity index is 1.06. The molecule has 1 N–H and O–H groups in total. The van der Waals surface area contributed by atoms with E-state index in [0.29, 0.717) is 12.5 Å². The second-order valence-corrected chi connectivity index (χ2v) is 26.3. The van der Waals surface area contributed by atoms with Crippen LogP contribution in [0.5, 0.6) is 0 Å². The maximum Gasteiger partial charge on any atom is 0.225 e. The van der Waals surface area contributed by atoms with E-state index in [9.17, 15) is 0 Å². The van der Waals surface area contributed by atoms with Gasteiger partial charge in [0.1, 0.15) is 0 Å². The van der Waals surface area contributed by atoms with Crippen LogP contribution in [0, 0.1) is 5.92 Å². The Kier molecular flexibility index (Phi) is 2.31. The Morgan fingerprint density at radius 3 is 0.653 bits per heavy atom. The minimum atomic E-state index is -0.463. The zero-order valence-electron chi connectivity index (χ0n) is 36.8. The summed E-state index contributed by atoms with van der Waals surface area (Å²) in [5.74, 6) is 0.0790. The predicted octanol–water partition coefficient (Wildman–Crippen LogP) is 17.3. The van der Waals surface area contributed by atoms with Gasteiger partial charge in [0.2, 0.25) is 5.91 Å². The van der Waals surface area contributed by atoms with Crippen LogP contribution in [-0.2, 0) is 22.0 Å². The van der Waals surface area contributed by atoms with Crippen molar-refractivity contribution in [3.05, 3.63) is 58.1 Å². The maximum absolute atomic E-state index is 16.6. The van der Waals surface area contributed by atoms with Crippen LogP contribution in [0.25, 0.3) is 291 Å². The molecule has 1 saturated carbocycles. The number of hydrogen-bond acceptors (Lipinski definition) is 1. The summed E-state index contributed by atoms with van der Waals surface area (Å²) in [4.78, 5) is 16.6. The first kappa shape index (κ1) is 26.9. The molecule has 0 unspecified atom stereocenters. The van der Waals surface area contributed by atoms with Gasteiger partial charge in [-0.2, -0.15) is 0 Å². The minimum absolute atomic E-state index is 0.214. The average Bonchev–Trinajstić information content (AvgIpc) is 4.37. The van der Waals surface area contributed by atoms with Gasteiger partial charge in [0.15, 0.2) is 0 Å². The molecule has 0 bridgehead atoms. The lowest BCUT2D eigenvalue weighted by Gasteiger charge is -2.32. The summed E-state index contributed by atoms with van der Waals surface area (Å²) in [6.45, 7) is 0.657. The summed E-state index contributed by atoms with van der Waals surface area (Å²) in [6.07, 6.45) is 0.844. The molecule has 5 aliphatic carbocycles. The van der Waals surface area contributed by atoms with Gasteiger partial charge < -0.3 is 5.32 Å². The molecule has 29 aromatic carbocycles. The number of carbonyl (C=O) groups is 1. The van der Waals surface area contributed by atoms with E-state index in [1.54, 1.807) is 313 Å². The third-order valence-corrected chi connectivity index (χ3v) is 26.0. The van der Waals surface area contributed by atoms with Gasteiger partial charge in [0.05, 0.1) is 16.7 Å². The summed E-state index contributed by atoms with van der Waals surface area (Å²) in [7, 11) is 0. The van der Waals surface area contributed by atoms with Crippen molar-refractivity contribution in [3.8, 4) is 0 Å². The second kappa shape index (κ2) is 6.17. The first-order valence-corrected chi connectivity index (χ1v) is 26.9. The van der Waals surface area contributed by atoms with Gasteiger partial charge in [-0.1, -0.05) is 30.3 Å².